The number of rotatable bonds is 2. The highest BCUT2D eigenvalue weighted by Crippen LogP contribution is 2.30. The van der Waals surface area contributed by atoms with Crippen molar-refractivity contribution in [3.63, 3.8) is 0 Å². The third-order valence-electron chi connectivity index (χ3n) is 1.92. The van der Waals surface area contributed by atoms with Crippen LogP contribution >= 0.6 is 23.4 Å². The number of thioether (sulfide) groups is 1. The van der Waals surface area contributed by atoms with Crippen molar-refractivity contribution in [2.45, 2.75) is 5.75 Å². The van der Waals surface area contributed by atoms with Gasteiger partial charge in [-0.25, -0.2) is 0 Å². The van der Waals surface area contributed by atoms with E-state index in [9.17, 15) is 0 Å². The first-order chi connectivity index (χ1) is 6.33. The molecule has 0 saturated carbocycles. The predicted molar refractivity (Wildman–Crippen MR) is 58.4 cm³/mol. The van der Waals surface area contributed by atoms with Crippen LogP contribution in [0.15, 0.2) is 28.9 Å². The van der Waals surface area contributed by atoms with Gasteiger partial charge < -0.3 is 4.42 Å². The van der Waals surface area contributed by atoms with Gasteiger partial charge in [-0.3, -0.25) is 0 Å². The molecule has 68 valence electrons. The minimum atomic E-state index is 0.773. The summed E-state index contributed by atoms with van der Waals surface area (Å²) in [5, 5.41) is 1.83. The van der Waals surface area contributed by atoms with Gasteiger partial charge in [0.1, 0.15) is 5.58 Å². The van der Waals surface area contributed by atoms with Crippen LogP contribution in [0.3, 0.4) is 0 Å². The molecular weight excluding hydrogens is 204 g/mol. The minimum Gasteiger partial charge on any atom is -0.464 e. The van der Waals surface area contributed by atoms with Crippen LogP contribution in [0.25, 0.3) is 11.0 Å². The molecule has 0 saturated heterocycles. The Morgan fingerprint density at radius 1 is 1.46 bits per heavy atom. The second kappa shape index (κ2) is 3.64. The molecule has 3 heteroatoms. The van der Waals surface area contributed by atoms with Gasteiger partial charge in [0.2, 0.25) is 0 Å². The molecule has 0 atom stereocenters. The molecule has 0 aliphatic carbocycles. The summed E-state index contributed by atoms with van der Waals surface area (Å²) >= 11 is 7.83. The van der Waals surface area contributed by atoms with Crippen molar-refractivity contribution in [1.82, 2.24) is 0 Å². The molecule has 1 aromatic heterocycles. The van der Waals surface area contributed by atoms with Crippen LogP contribution in [0, 0.1) is 0 Å². The van der Waals surface area contributed by atoms with Gasteiger partial charge in [0.15, 0.2) is 0 Å². The highest BCUT2D eigenvalue weighted by Gasteiger charge is 2.07. The lowest BCUT2D eigenvalue weighted by Crippen LogP contribution is -1.76. The molecule has 1 aromatic carbocycles. The van der Waals surface area contributed by atoms with Gasteiger partial charge in [-0.15, -0.1) is 0 Å². The second-order valence-electron chi connectivity index (χ2n) is 2.81. The molecule has 0 fully saturated rings. The van der Waals surface area contributed by atoms with Crippen LogP contribution in [0.2, 0.25) is 5.02 Å². The maximum atomic E-state index is 6.07. The first-order valence-electron chi connectivity index (χ1n) is 3.96. The molecule has 0 aliphatic heterocycles. The summed E-state index contributed by atoms with van der Waals surface area (Å²) in [4.78, 5) is 0. The minimum absolute atomic E-state index is 0.773. The lowest BCUT2D eigenvalue weighted by Gasteiger charge is -1.95. The normalized spacial score (nSPS) is 10.9. The molecule has 0 radical (unpaired) electrons. The Labute approximate surface area is 86.1 Å². The van der Waals surface area contributed by atoms with E-state index < -0.39 is 0 Å². The van der Waals surface area contributed by atoms with Crippen molar-refractivity contribution in [3.8, 4) is 0 Å². The summed E-state index contributed by atoms with van der Waals surface area (Å²) in [5.74, 6) is 0.941. The highest BCUT2D eigenvalue weighted by atomic mass is 35.5. The van der Waals surface area contributed by atoms with E-state index in [0.29, 0.717) is 0 Å². The Morgan fingerprint density at radius 3 is 3.08 bits per heavy atom. The Morgan fingerprint density at radius 2 is 2.31 bits per heavy atom. The number of hydrogen-bond donors (Lipinski definition) is 0. The highest BCUT2D eigenvalue weighted by molar-refractivity contribution is 7.97. The molecule has 0 amide bonds. The van der Waals surface area contributed by atoms with E-state index in [-0.39, 0.29) is 0 Å². The molecule has 0 N–H and O–H groups in total. The quantitative estimate of drug-likeness (QED) is 0.748. The van der Waals surface area contributed by atoms with Crippen LogP contribution in [-0.2, 0) is 5.75 Å². The molecule has 0 unspecified atom stereocenters. The van der Waals surface area contributed by atoms with Gasteiger partial charge in [-0.1, -0.05) is 17.7 Å². The van der Waals surface area contributed by atoms with Crippen molar-refractivity contribution < 1.29 is 4.42 Å². The van der Waals surface area contributed by atoms with Crippen LogP contribution in [0.5, 0.6) is 0 Å². The number of hydrogen-bond acceptors (Lipinski definition) is 2. The molecular formula is C10H9ClOS. The van der Waals surface area contributed by atoms with Gasteiger partial charge >= 0.3 is 0 Å². The fourth-order valence-electron chi connectivity index (χ4n) is 1.37. The zero-order valence-electron chi connectivity index (χ0n) is 7.21. The van der Waals surface area contributed by atoms with E-state index in [0.717, 1.165) is 21.7 Å². The topological polar surface area (TPSA) is 13.1 Å². The molecule has 2 aromatic rings. The summed E-state index contributed by atoms with van der Waals surface area (Å²) < 4.78 is 5.38. The van der Waals surface area contributed by atoms with Crippen molar-refractivity contribution in [1.29, 1.82) is 0 Å². The number of fused-ring (bicyclic) bond motifs is 1. The number of furan rings is 1. The summed E-state index contributed by atoms with van der Waals surface area (Å²) in [7, 11) is 0. The van der Waals surface area contributed by atoms with Crippen LogP contribution < -0.4 is 0 Å². The Balaban J connectivity index is 2.64. The monoisotopic (exact) mass is 212 g/mol. The number of benzene rings is 1. The lowest BCUT2D eigenvalue weighted by atomic mass is 10.2. The maximum Gasteiger partial charge on any atom is 0.135 e. The summed E-state index contributed by atoms with van der Waals surface area (Å²) in [6.45, 7) is 0. The van der Waals surface area contributed by atoms with E-state index in [1.165, 1.54) is 5.56 Å². The average molecular weight is 213 g/mol. The molecule has 13 heavy (non-hydrogen) atoms. The molecule has 1 nitrogen and oxygen atoms in total. The summed E-state index contributed by atoms with van der Waals surface area (Å²) in [6.07, 6.45) is 3.85. The van der Waals surface area contributed by atoms with Gasteiger partial charge in [0.05, 0.1) is 11.3 Å². The summed E-state index contributed by atoms with van der Waals surface area (Å²) in [5.41, 5.74) is 2.05. The summed E-state index contributed by atoms with van der Waals surface area (Å²) in [6, 6.07) is 5.73. The van der Waals surface area contributed by atoms with E-state index in [1.54, 1.807) is 18.0 Å². The van der Waals surface area contributed by atoms with Gasteiger partial charge in [0.25, 0.3) is 0 Å². The zero-order chi connectivity index (χ0) is 9.26. The Bertz CT molecular complexity index is 422. The first-order valence-corrected chi connectivity index (χ1v) is 5.73. The van der Waals surface area contributed by atoms with E-state index in [4.69, 9.17) is 16.0 Å². The van der Waals surface area contributed by atoms with Crippen molar-refractivity contribution in [2.24, 2.45) is 0 Å². The van der Waals surface area contributed by atoms with Gasteiger partial charge in [-0.2, -0.15) is 11.8 Å². The van der Waals surface area contributed by atoms with Crippen LogP contribution in [0.4, 0.5) is 0 Å². The predicted octanol–water partition coefficient (Wildman–Crippen LogP) is 3.95. The molecule has 2 rings (SSSR count). The smallest absolute Gasteiger partial charge is 0.135 e. The third kappa shape index (κ3) is 1.56. The second-order valence-corrected chi connectivity index (χ2v) is 4.08. The molecule has 0 spiro atoms. The van der Waals surface area contributed by atoms with Crippen LogP contribution in [0.1, 0.15) is 5.56 Å². The van der Waals surface area contributed by atoms with Gasteiger partial charge in [0, 0.05) is 16.7 Å². The van der Waals surface area contributed by atoms with E-state index >= 15 is 0 Å². The SMILES string of the molecule is CSCc1coc2cccc(Cl)c12. The van der Waals surface area contributed by atoms with E-state index in [1.807, 2.05) is 18.2 Å². The average Bonchev–Trinajstić information content (AvgIpc) is 2.51. The van der Waals surface area contributed by atoms with Crippen molar-refractivity contribution in [3.05, 3.63) is 35.0 Å². The van der Waals surface area contributed by atoms with Crippen LogP contribution in [-0.4, -0.2) is 6.26 Å². The lowest BCUT2D eigenvalue weighted by molar-refractivity contribution is 0.612. The van der Waals surface area contributed by atoms with E-state index in [2.05, 4.69) is 6.26 Å². The molecule has 0 bridgehead atoms. The molecule has 0 aliphatic rings. The standard InChI is InChI=1S/C10H9ClOS/c1-13-6-7-5-12-9-4-2-3-8(11)10(7)9/h2-5H,6H2,1H3. The Kier molecular flexibility index (Phi) is 2.51. The zero-order valence-corrected chi connectivity index (χ0v) is 8.78. The maximum absolute atomic E-state index is 6.07. The Hall–Kier alpha value is -0.600. The fraction of sp³-hybridized carbons (Fsp3) is 0.200. The number of halogens is 1. The largest absolute Gasteiger partial charge is 0.464 e. The van der Waals surface area contributed by atoms with Crippen molar-refractivity contribution >= 4 is 34.3 Å². The first kappa shape index (κ1) is 8.97. The third-order valence-corrected chi connectivity index (χ3v) is 2.84. The molecule has 1 heterocycles. The van der Waals surface area contributed by atoms with Gasteiger partial charge in [-0.05, 0) is 18.4 Å². The fourth-order valence-corrected chi connectivity index (χ4v) is 2.18. The van der Waals surface area contributed by atoms with Crippen molar-refractivity contribution in [2.75, 3.05) is 6.26 Å².